The summed E-state index contributed by atoms with van der Waals surface area (Å²) in [6.45, 7) is 2.49. The van der Waals surface area contributed by atoms with Crippen molar-refractivity contribution >= 4 is 21.2 Å². The van der Waals surface area contributed by atoms with Gasteiger partial charge in [0.05, 0.1) is 5.75 Å². The Bertz CT molecular complexity index is 583. The monoisotopic (exact) mass is 289 g/mol. The number of aromatic nitrogens is 1. The van der Waals surface area contributed by atoms with E-state index in [1.54, 1.807) is 4.57 Å². The van der Waals surface area contributed by atoms with Crippen LogP contribution in [-0.4, -0.2) is 25.0 Å². The van der Waals surface area contributed by atoms with Crippen LogP contribution >= 0.6 is 11.3 Å². The van der Waals surface area contributed by atoms with E-state index in [9.17, 15) is 13.2 Å². The van der Waals surface area contributed by atoms with Crippen molar-refractivity contribution in [1.29, 1.82) is 0 Å². The summed E-state index contributed by atoms with van der Waals surface area (Å²) in [5.74, 6) is 0.728. The summed E-state index contributed by atoms with van der Waals surface area (Å²) < 4.78 is 24.1. The summed E-state index contributed by atoms with van der Waals surface area (Å²) in [4.78, 5) is 13.1. The molecule has 0 radical (unpaired) electrons. The third kappa shape index (κ3) is 3.03. The summed E-state index contributed by atoms with van der Waals surface area (Å²) in [5.41, 5.74) is 1.08. The molecule has 0 saturated carbocycles. The molecule has 1 aromatic heterocycles. The van der Waals surface area contributed by atoms with E-state index in [-0.39, 0.29) is 10.6 Å². The molecule has 1 unspecified atom stereocenters. The van der Waals surface area contributed by atoms with Crippen molar-refractivity contribution in [2.24, 2.45) is 5.92 Å². The van der Waals surface area contributed by atoms with Crippen molar-refractivity contribution in [3.63, 3.8) is 0 Å². The van der Waals surface area contributed by atoms with Crippen molar-refractivity contribution in [2.75, 3.05) is 12.0 Å². The quantitative estimate of drug-likeness (QED) is 0.843. The second kappa shape index (κ2) is 5.17. The fourth-order valence-electron chi connectivity index (χ4n) is 2.45. The lowest BCUT2D eigenvalue weighted by atomic mass is 9.89. The molecule has 0 amide bonds. The minimum absolute atomic E-state index is 0.000373. The lowest BCUT2D eigenvalue weighted by molar-refractivity contribution is 0.436. The van der Waals surface area contributed by atoms with Gasteiger partial charge in [-0.25, -0.2) is 8.42 Å². The Morgan fingerprint density at radius 1 is 1.44 bits per heavy atom. The van der Waals surface area contributed by atoms with Crippen molar-refractivity contribution in [3.8, 4) is 0 Å². The Labute approximate surface area is 112 Å². The lowest BCUT2D eigenvalue weighted by Gasteiger charge is -2.21. The average molecular weight is 289 g/mol. The molecule has 1 atom stereocenters. The highest BCUT2D eigenvalue weighted by atomic mass is 32.2. The van der Waals surface area contributed by atoms with E-state index in [4.69, 9.17) is 0 Å². The summed E-state index contributed by atoms with van der Waals surface area (Å²) in [7, 11) is -3.01. The standard InChI is InChI=1S/C12H19NO3S2/c1-3-9-4-5-10-11(8-9)17-12(14)13(10)6-7-18(2,15)16/h9H,3-8H2,1-2H3. The first kappa shape index (κ1) is 13.8. The molecule has 1 aliphatic carbocycles. The second-order valence-electron chi connectivity index (χ2n) is 5.04. The minimum Gasteiger partial charge on any atom is -0.302 e. The largest absolute Gasteiger partial charge is 0.307 e. The van der Waals surface area contributed by atoms with E-state index >= 15 is 0 Å². The van der Waals surface area contributed by atoms with Gasteiger partial charge in [-0.3, -0.25) is 4.79 Å². The Balaban J connectivity index is 2.23. The molecule has 18 heavy (non-hydrogen) atoms. The first-order chi connectivity index (χ1) is 8.40. The third-order valence-corrected chi connectivity index (χ3v) is 5.57. The highest BCUT2D eigenvalue weighted by Crippen LogP contribution is 2.29. The molecule has 1 aliphatic rings. The molecular weight excluding hydrogens is 270 g/mol. The van der Waals surface area contributed by atoms with Gasteiger partial charge in [0.25, 0.3) is 0 Å². The normalized spacial score (nSPS) is 19.8. The van der Waals surface area contributed by atoms with E-state index in [1.807, 2.05) is 0 Å². The maximum atomic E-state index is 11.9. The van der Waals surface area contributed by atoms with Crippen molar-refractivity contribution in [2.45, 2.75) is 39.2 Å². The zero-order valence-corrected chi connectivity index (χ0v) is 12.4. The Hall–Kier alpha value is -0.620. The molecule has 1 heterocycles. The highest BCUT2D eigenvalue weighted by molar-refractivity contribution is 7.90. The minimum atomic E-state index is -3.01. The van der Waals surface area contributed by atoms with Gasteiger partial charge in [-0.15, -0.1) is 0 Å². The summed E-state index contributed by atoms with van der Waals surface area (Å²) >= 11 is 1.30. The van der Waals surface area contributed by atoms with Crippen LogP contribution in [0.15, 0.2) is 4.79 Å². The van der Waals surface area contributed by atoms with Gasteiger partial charge in [0.2, 0.25) is 0 Å². The number of fused-ring (bicyclic) bond motifs is 1. The van der Waals surface area contributed by atoms with Crippen LogP contribution in [0.1, 0.15) is 30.3 Å². The number of hydrogen-bond donors (Lipinski definition) is 0. The Kier molecular flexibility index (Phi) is 3.96. The molecular formula is C12H19NO3S2. The van der Waals surface area contributed by atoms with Crippen LogP contribution in [0, 0.1) is 5.92 Å². The van der Waals surface area contributed by atoms with E-state index in [0.717, 1.165) is 31.4 Å². The predicted octanol–water partition coefficient (Wildman–Crippen LogP) is 1.47. The fraction of sp³-hybridized carbons (Fsp3) is 0.750. The lowest BCUT2D eigenvalue weighted by Crippen LogP contribution is -2.23. The van der Waals surface area contributed by atoms with Crippen LogP contribution in [0.5, 0.6) is 0 Å². The van der Waals surface area contributed by atoms with Gasteiger partial charge in [0.1, 0.15) is 9.84 Å². The number of sulfone groups is 1. The molecule has 0 spiro atoms. The average Bonchev–Trinajstić information content (AvgIpc) is 2.60. The first-order valence-corrected chi connectivity index (χ1v) is 9.17. The van der Waals surface area contributed by atoms with Crippen LogP contribution in [-0.2, 0) is 29.2 Å². The van der Waals surface area contributed by atoms with Gasteiger partial charge in [-0.1, -0.05) is 24.7 Å². The van der Waals surface area contributed by atoms with E-state index < -0.39 is 9.84 Å². The Morgan fingerprint density at radius 2 is 2.17 bits per heavy atom. The molecule has 0 aromatic carbocycles. The van der Waals surface area contributed by atoms with E-state index in [2.05, 4.69) is 6.92 Å². The van der Waals surface area contributed by atoms with Crippen LogP contribution < -0.4 is 4.87 Å². The molecule has 2 rings (SSSR count). The molecule has 1 aromatic rings. The van der Waals surface area contributed by atoms with Gasteiger partial charge < -0.3 is 4.57 Å². The van der Waals surface area contributed by atoms with Crippen LogP contribution in [0.4, 0.5) is 0 Å². The van der Waals surface area contributed by atoms with Gasteiger partial charge in [0.15, 0.2) is 0 Å². The maximum absolute atomic E-state index is 11.9. The van der Waals surface area contributed by atoms with Crippen molar-refractivity contribution < 1.29 is 8.42 Å². The van der Waals surface area contributed by atoms with Crippen molar-refractivity contribution in [1.82, 2.24) is 4.57 Å². The van der Waals surface area contributed by atoms with Crippen LogP contribution in [0.25, 0.3) is 0 Å². The molecule has 0 aliphatic heterocycles. The molecule has 0 saturated heterocycles. The van der Waals surface area contributed by atoms with Crippen LogP contribution in [0.2, 0.25) is 0 Å². The topological polar surface area (TPSA) is 56.1 Å². The zero-order valence-electron chi connectivity index (χ0n) is 10.8. The molecule has 0 bridgehead atoms. The summed E-state index contributed by atoms with van der Waals surface area (Å²) in [5, 5.41) is 0. The number of hydrogen-bond acceptors (Lipinski definition) is 4. The zero-order chi connectivity index (χ0) is 13.3. The third-order valence-electron chi connectivity index (χ3n) is 3.61. The molecule has 0 fully saturated rings. The van der Waals surface area contributed by atoms with E-state index in [1.165, 1.54) is 22.5 Å². The van der Waals surface area contributed by atoms with Crippen LogP contribution in [0.3, 0.4) is 0 Å². The van der Waals surface area contributed by atoms with Gasteiger partial charge in [0, 0.05) is 23.4 Å². The maximum Gasteiger partial charge on any atom is 0.307 e. The smallest absolute Gasteiger partial charge is 0.302 e. The second-order valence-corrected chi connectivity index (χ2v) is 8.34. The van der Waals surface area contributed by atoms with Crippen molar-refractivity contribution in [3.05, 3.63) is 20.2 Å². The predicted molar refractivity (Wildman–Crippen MR) is 74.1 cm³/mol. The molecule has 102 valence electrons. The van der Waals surface area contributed by atoms with Gasteiger partial charge in [-0.2, -0.15) is 0 Å². The summed E-state index contributed by atoms with van der Waals surface area (Å²) in [6, 6.07) is 0. The Morgan fingerprint density at radius 3 is 2.78 bits per heavy atom. The number of thiazole rings is 1. The SMILES string of the molecule is CCC1CCc2c(sc(=O)n2CCS(C)(=O)=O)C1. The number of rotatable bonds is 4. The summed E-state index contributed by atoms with van der Waals surface area (Å²) in [6.07, 6.45) is 5.37. The number of nitrogens with zero attached hydrogens (tertiary/aromatic N) is 1. The molecule has 4 nitrogen and oxygen atoms in total. The molecule has 6 heteroatoms. The fourth-order valence-corrected chi connectivity index (χ4v) is 4.14. The van der Waals surface area contributed by atoms with Gasteiger partial charge >= 0.3 is 4.87 Å². The first-order valence-electron chi connectivity index (χ1n) is 6.30. The molecule has 0 N–H and O–H groups in total. The highest BCUT2D eigenvalue weighted by Gasteiger charge is 2.23. The van der Waals surface area contributed by atoms with Gasteiger partial charge in [-0.05, 0) is 25.2 Å². The van der Waals surface area contributed by atoms with E-state index in [0.29, 0.717) is 12.5 Å².